The Bertz CT molecular complexity index is 609. The summed E-state index contributed by atoms with van der Waals surface area (Å²) in [6.07, 6.45) is 5.99. The fraction of sp³-hybridized carbons (Fsp3) is 0.154. The monoisotopic (exact) mass is 240 g/mol. The summed E-state index contributed by atoms with van der Waals surface area (Å²) in [6, 6.07) is 7.04. The molecule has 2 rings (SSSR count). The molecule has 0 fully saturated rings. The molecule has 0 unspecified atom stereocenters. The number of carbonyl (C=O) groups excluding carboxylic acids is 1. The second-order valence-corrected chi connectivity index (χ2v) is 3.64. The Morgan fingerprint density at radius 1 is 1.56 bits per heavy atom. The number of hydrogen-bond donors (Lipinski definition) is 2. The van der Waals surface area contributed by atoms with Gasteiger partial charge < -0.3 is 5.32 Å². The van der Waals surface area contributed by atoms with Crippen LogP contribution in [0.15, 0.2) is 24.3 Å². The Balaban J connectivity index is 2.13. The predicted molar refractivity (Wildman–Crippen MR) is 68.1 cm³/mol. The molecule has 90 valence electrons. The van der Waals surface area contributed by atoms with Gasteiger partial charge in [0.15, 0.2) is 0 Å². The largest absolute Gasteiger partial charge is 0.319 e. The quantitative estimate of drug-likeness (QED) is 0.800. The van der Waals surface area contributed by atoms with Gasteiger partial charge in [-0.3, -0.25) is 9.89 Å². The molecule has 0 radical (unpaired) electrons. The molecule has 1 heterocycles. The van der Waals surface area contributed by atoms with E-state index in [0.717, 1.165) is 0 Å². The van der Waals surface area contributed by atoms with Crippen LogP contribution in [0, 0.1) is 12.3 Å². The molecule has 0 saturated carbocycles. The lowest BCUT2D eigenvalue weighted by Gasteiger charge is -2.02. The highest BCUT2D eigenvalue weighted by Crippen LogP contribution is 2.10. The number of rotatable bonds is 3. The number of amides is 1. The smallest absolute Gasteiger partial charge is 0.295 e. The van der Waals surface area contributed by atoms with E-state index in [4.69, 9.17) is 6.42 Å². The Hall–Kier alpha value is -2.61. The van der Waals surface area contributed by atoms with Crippen LogP contribution in [0.25, 0.3) is 0 Å². The zero-order chi connectivity index (χ0) is 13.0. The molecule has 0 aliphatic carbocycles. The van der Waals surface area contributed by atoms with Gasteiger partial charge in [0.1, 0.15) is 5.82 Å². The molecule has 18 heavy (non-hydrogen) atoms. The molecule has 0 aliphatic heterocycles. The van der Waals surface area contributed by atoms with Gasteiger partial charge >= 0.3 is 0 Å². The standard InChI is InChI=1S/C13H12N4O/c1-3-9-6-5-7-10(8-9)14-13(18)12-15-11(4-2)16-17-12/h1,5-8H,4H2,2H3,(H,14,18)(H,15,16,17). The van der Waals surface area contributed by atoms with Crippen molar-refractivity contribution in [1.29, 1.82) is 0 Å². The Morgan fingerprint density at radius 3 is 3.06 bits per heavy atom. The fourth-order valence-electron chi connectivity index (χ4n) is 1.43. The molecular weight excluding hydrogens is 228 g/mol. The third-order valence-corrected chi connectivity index (χ3v) is 2.36. The summed E-state index contributed by atoms with van der Waals surface area (Å²) < 4.78 is 0. The van der Waals surface area contributed by atoms with Crippen molar-refractivity contribution in [2.24, 2.45) is 0 Å². The van der Waals surface area contributed by atoms with E-state index in [1.54, 1.807) is 24.3 Å². The van der Waals surface area contributed by atoms with Crippen molar-refractivity contribution in [3.05, 3.63) is 41.5 Å². The van der Waals surface area contributed by atoms with E-state index in [1.807, 2.05) is 6.92 Å². The number of H-pyrrole nitrogens is 1. The normalized spacial score (nSPS) is 9.78. The van der Waals surface area contributed by atoms with Gasteiger partial charge in [0.05, 0.1) is 0 Å². The van der Waals surface area contributed by atoms with E-state index in [0.29, 0.717) is 23.5 Å². The zero-order valence-corrected chi connectivity index (χ0v) is 9.90. The second-order valence-electron chi connectivity index (χ2n) is 3.64. The maximum Gasteiger partial charge on any atom is 0.295 e. The third kappa shape index (κ3) is 2.55. The van der Waals surface area contributed by atoms with Crippen LogP contribution in [0.5, 0.6) is 0 Å². The summed E-state index contributed by atoms with van der Waals surface area (Å²) in [5, 5.41) is 9.22. The van der Waals surface area contributed by atoms with Crippen LogP contribution in [0.1, 0.15) is 28.9 Å². The third-order valence-electron chi connectivity index (χ3n) is 2.36. The van der Waals surface area contributed by atoms with E-state index in [-0.39, 0.29) is 11.7 Å². The molecule has 0 bridgehead atoms. The van der Waals surface area contributed by atoms with E-state index in [2.05, 4.69) is 26.4 Å². The van der Waals surface area contributed by atoms with Crippen molar-refractivity contribution in [2.75, 3.05) is 5.32 Å². The van der Waals surface area contributed by atoms with Crippen LogP contribution < -0.4 is 5.32 Å². The number of carbonyl (C=O) groups is 1. The van der Waals surface area contributed by atoms with Crippen molar-refractivity contribution >= 4 is 11.6 Å². The number of benzene rings is 1. The van der Waals surface area contributed by atoms with E-state index in [9.17, 15) is 4.79 Å². The number of aromatic amines is 1. The van der Waals surface area contributed by atoms with Gasteiger partial charge in [-0.25, -0.2) is 4.98 Å². The summed E-state index contributed by atoms with van der Waals surface area (Å²) in [4.78, 5) is 15.9. The Kier molecular flexibility index (Phi) is 3.39. The number of nitrogens with zero attached hydrogens (tertiary/aromatic N) is 2. The molecular formula is C13H12N4O. The number of terminal acetylenes is 1. The molecule has 1 aromatic carbocycles. The molecule has 0 aliphatic rings. The number of hydrogen-bond acceptors (Lipinski definition) is 3. The first-order chi connectivity index (χ1) is 8.72. The van der Waals surface area contributed by atoms with Gasteiger partial charge in [-0.05, 0) is 18.2 Å². The van der Waals surface area contributed by atoms with Crippen LogP contribution in [-0.2, 0) is 6.42 Å². The van der Waals surface area contributed by atoms with Gasteiger partial charge in [0.2, 0.25) is 5.82 Å². The van der Waals surface area contributed by atoms with Gasteiger partial charge in [0.25, 0.3) is 5.91 Å². The summed E-state index contributed by atoms with van der Waals surface area (Å²) in [5.74, 6) is 2.95. The highest BCUT2D eigenvalue weighted by atomic mass is 16.2. The lowest BCUT2D eigenvalue weighted by molar-refractivity contribution is 0.101. The fourth-order valence-corrected chi connectivity index (χ4v) is 1.43. The van der Waals surface area contributed by atoms with E-state index < -0.39 is 0 Å². The van der Waals surface area contributed by atoms with Crippen molar-refractivity contribution in [1.82, 2.24) is 15.2 Å². The number of aromatic nitrogens is 3. The molecule has 1 amide bonds. The molecule has 2 N–H and O–H groups in total. The SMILES string of the molecule is C#Cc1cccc(NC(=O)c2n[nH]c(CC)n2)c1. The summed E-state index contributed by atoms with van der Waals surface area (Å²) in [7, 11) is 0. The van der Waals surface area contributed by atoms with Gasteiger partial charge in [0, 0.05) is 17.7 Å². The maximum atomic E-state index is 11.8. The highest BCUT2D eigenvalue weighted by molar-refractivity contribution is 6.01. The van der Waals surface area contributed by atoms with Crippen molar-refractivity contribution in [3.63, 3.8) is 0 Å². The topological polar surface area (TPSA) is 70.7 Å². The van der Waals surface area contributed by atoms with Crippen molar-refractivity contribution in [3.8, 4) is 12.3 Å². The van der Waals surface area contributed by atoms with Crippen LogP contribution in [0.2, 0.25) is 0 Å². The summed E-state index contributed by atoms with van der Waals surface area (Å²) >= 11 is 0. The summed E-state index contributed by atoms with van der Waals surface area (Å²) in [6.45, 7) is 1.93. The average molecular weight is 240 g/mol. The first kappa shape index (κ1) is 11.9. The molecule has 2 aromatic rings. The lowest BCUT2D eigenvalue weighted by Crippen LogP contribution is -2.13. The maximum absolute atomic E-state index is 11.8. The summed E-state index contributed by atoms with van der Waals surface area (Å²) in [5.41, 5.74) is 1.33. The minimum Gasteiger partial charge on any atom is -0.319 e. The van der Waals surface area contributed by atoms with Gasteiger partial charge in [-0.15, -0.1) is 11.5 Å². The van der Waals surface area contributed by atoms with Crippen molar-refractivity contribution < 1.29 is 4.79 Å². The predicted octanol–water partition coefficient (Wildman–Crippen LogP) is 1.60. The van der Waals surface area contributed by atoms with Crippen LogP contribution in [-0.4, -0.2) is 21.1 Å². The van der Waals surface area contributed by atoms with Crippen LogP contribution >= 0.6 is 0 Å². The second kappa shape index (κ2) is 5.15. The molecule has 0 spiro atoms. The number of anilines is 1. The van der Waals surface area contributed by atoms with Crippen LogP contribution in [0.3, 0.4) is 0 Å². The van der Waals surface area contributed by atoms with Crippen molar-refractivity contribution in [2.45, 2.75) is 13.3 Å². The number of aryl methyl sites for hydroxylation is 1. The van der Waals surface area contributed by atoms with E-state index >= 15 is 0 Å². The first-order valence-electron chi connectivity index (χ1n) is 5.52. The Labute approximate surface area is 105 Å². The molecule has 1 aromatic heterocycles. The highest BCUT2D eigenvalue weighted by Gasteiger charge is 2.11. The lowest BCUT2D eigenvalue weighted by atomic mass is 10.2. The number of nitrogens with one attached hydrogen (secondary N) is 2. The average Bonchev–Trinajstić information content (AvgIpc) is 2.88. The molecule has 5 nitrogen and oxygen atoms in total. The molecule has 0 atom stereocenters. The van der Waals surface area contributed by atoms with Gasteiger partial charge in [-0.2, -0.15) is 0 Å². The first-order valence-corrected chi connectivity index (χ1v) is 5.52. The minimum atomic E-state index is -0.361. The van der Waals surface area contributed by atoms with Crippen LogP contribution in [0.4, 0.5) is 5.69 Å². The van der Waals surface area contributed by atoms with Gasteiger partial charge in [-0.1, -0.05) is 18.9 Å². The zero-order valence-electron chi connectivity index (χ0n) is 9.90. The Morgan fingerprint density at radius 2 is 2.39 bits per heavy atom. The van der Waals surface area contributed by atoms with E-state index in [1.165, 1.54) is 0 Å². The molecule has 0 saturated heterocycles. The molecule has 5 heteroatoms. The minimum absolute atomic E-state index is 0.123.